The van der Waals surface area contributed by atoms with Crippen LogP contribution in [0.2, 0.25) is 0 Å². The van der Waals surface area contributed by atoms with Crippen LogP contribution >= 0.6 is 0 Å². The third-order valence-electron chi connectivity index (χ3n) is 4.72. The molecule has 5 nitrogen and oxygen atoms in total. The molecule has 1 aromatic carbocycles. The molecule has 0 spiro atoms. The highest BCUT2D eigenvalue weighted by molar-refractivity contribution is 5.14. The smallest absolute Gasteiger partial charge is 0.0852 e. The van der Waals surface area contributed by atoms with Crippen LogP contribution in [0.5, 0.6) is 0 Å². The Morgan fingerprint density at radius 3 is 2.79 bits per heavy atom. The van der Waals surface area contributed by atoms with Gasteiger partial charge >= 0.3 is 0 Å². The Balaban J connectivity index is 1.53. The molecular weight excluding hydrogens is 300 g/mol. The molecule has 0 saturated carbocycles. The number of nitrogens with one attached hydrogen (secondary N) is 1. The topological polar surface area (TPSA) is 42.3 Å². The largest absolute Gasteiger partial charge is 0.374 e. The number of aryl methyl sites for hydroxylation is 1. The van der Waals surface area contributed by atoms with E-state index in [0.29, 0.717) is 6.04 Å². The molecule has 3 atom stereocenters. The Kier molecular flexibility index (Phi) is 5.66. The van der Waals surface area contributed by atoms with E-state index in [-0.39, 0.29) is 12.1 Å². The Morgan fingerprint density at radius 1 is 1.29 bits per heavy atom. The van der Waals surface area contributed by atoms with Crippen molar-refractivity contribution in [1.82, 2.24) is 20.0 Å². The lowest BCUT2D eigenvalue weighted by Crippen LogP contribution is -2.51. The van der Waals surface area contributed by atoms with Gasteiger partial charge in [-0.2, -0.15) is 5.10 Å². The van der Waals surface area contributed by atoms with E-state index in [4.69, 9.17) is 4.74 Å². The molecule has 1 fully saturated rings. The van der Waals surface area contributed by atoms with E-state index >= 15 is 0 Å². The van der Waals surface area contributed by atoms with E-state index in [0.717, 1.165) is 26.2 Å². The van der Waals surface area contributed by atoms with Crippen molar-refractivity contribution in [1.29, 1.82) is 0 Å². The molecule has 1 aliphatic rings. The van der Waals surface area contributed by atoms with Crippen LogP contribution in [0.4, 0.5) is 0 Å². The molecule has 3 rings (SSSR count). The van der Waals surface area contributed by atoms with Gasteiger partial charge in [-0.25, -0.2) is 0 Å². The Hall–Kier alpha value is -1.69. The molecule has 5 heteroatoms. The summed E-state index contributed by atoms with van der Waals surface area (Å²) in [7, 11) is 1.95. The molecule has 0 bridgehead atoms. The Labute approximate surface area is 144 Å². The van der Waals surface area contributed by atoms with E-state index in [1.165, 1.54) is 11.1 Å². The van der Waals surface area contributed by atoms with Gasteiger partial charge in [0.15, 0.2) is 0 Å². The molecule has 0 aliphatic carbocycles. The molecule has 2 heterocycles. The maximum absolute atomic E-state index is 6.02. The van der Waals surface area contributed by atoms with Crippen molar-refractivity contribution in [3.63, 3.8) is 0 Å². The summed E-state index contributed by atoms with van der Waals surface area (Å²) in [5.74, 6) is 0. The lowest BCUT2D eigenvalue weighted by Gasteiger charge is -2.37. The van der Waals surface area contributed by atoms with Gasteiger partial charge in [0, 0.05) is 50.5 Å². The van der Waals surface area contributed by atoms with Crippen molar-refractivity contribution >= 4 is 0 Å². The number of ether oxygens (including phenoxy) is 1. The number of morpholine rings is 1. The highest BCUT2D eigenvalue weighted by Crippen LogP contribution is 2.16. The highest BCUT2D eigenvalue weighted by atomic mass is 16.5. The van der Waals surface area contributed by atoms with Crippen LogP contribution < -0.4 is 5.32 Å². The average Bonchev–Trinajstić information content (AvgIpc) is 3.03. The molecule has 1 N–H and O–H groups in total. The second-order valence-corrected chi connectivity index (χ2v) is 6.75. The van der Waals surface area contributed by atoms with Crippen molar-refractivity contribution in [3.8, 4) is 0 Å². The van der Waals surface area contributed by atoms with Crippen molar-refractivity contribution in [2.45, 2.75) is 38.6 Å². The lowest BCUT2D eigenvalue weighted by molar-refractivity contribution is -0.0474. The van der Waals surface area contributed by atoms with Crippen molar-refractivity contribution < 1.29 is 4.74 Å². The molecule has 24 heavy (non-hydrogen) atoms. The van der Waals surface area contributed by atoms with Crippen molar-refractivity contribution in [3.05, 3.63) is 53.9 Å². The van der Waals surface area contributed by atoms with Crippen LogP contribution in [0.25, 0.3) is 0 Å². The second kappa shape index (κ2) is 7.92. The van der Waals surface area contributed by atoms with Crippen LogP contribution in [0.1, 0.15) is 31.0 Å². The summed E-state index contributed by atoms with van der Waals surface area (Å²) in [6, 6.07) is 11.2. The number of rotatable bonds is 6. The summed E-state index contributed by atoms with van der Waals surface area (Å²) in [5, 5.41) is 7.91. The fraction of sp³-hybridized carbons (Fsp3) is 0.526. The molecule has 1 aliphatic heterocycles. The highest BCUT2D eigenvalue weighted by Gasteiger charge is 2.26. The van der Waals surface area contributed by atoms with Gasteiger partial charge in [-0.1, -0.05) is 30.3 Å². The summed E-state index contributed by atoms with van der Waals surface area (Å²) in [5.41, 5.74) is 2.57. The number of aromatic nitrogens is 2. The predicted octanol–water partition coefficient (Wildman–Crippen LogP) is 2.36. The molecule has 1 saturated heterocycles. The molecule has 0 radical (unpaired) electrons. The zero-order valence-corrected chi connectivity index (χ0v) is 14.9. The first-order valence-electron chi connectivity index (χ1n) is 8.74. The summed E-state index contributed by atoms with van der Waals surface area (Å²) < 4.78 is 7.87. The first-order chi connectivity index (χ1) is 11.6. The summed E-state index contributed by atoms with van der Waals surface area (Å²) in [6.07, 6.45) is 4.20. The standard InChI is InChI=1S/C19H28N4O/c1-15(18-11-20-22(3)13-18)21-16(2)19-14-23(9-10-24-19)12-17-7-5-4-6-8-17/h4-8,11,13,15-16,19,21H,9-10,12,14H2,1-3H3. The van der Waals surface area contributed by atoms with E-state index in [1.54, 1.807) is 0 Å². The minimum atomic E-state index is 0.210. The van der Waals surface area contributed by atoms with Crippen LogP contribution in [0.15, 0.2) is 42.7 Å². The second-order valence-electron chi connectivity index (χ2n) is 6.75. The predicted molar refractivity (Wildman–Crippen MR) is 95.7 cm³/mol. The maximum Gasteiger partial charge on any atom is 0.0852 e. The van der Waals surface area contributed by atoms with Gasteiger partial charge in [0.2, 0.25) is 0 Å². The van der Waals surface area contributed by atoms with E-state index in [9.17, 15) is 0 Å². The number of benzene rings is 1. The van der Waals surface area contributed by atoms with Gasteiger partial charge in [0.25, 0.3) is 0 Å². The first kappa shape index (κ1) is 17.1. The van der Waals surface area contributed by atoms with Crippen molar-refractivity contribution in [2.24, 2.45) is 7.05 Å². The van der Waals surface area contributed by atoms with E-state index in [1.807, 2.05) is 17.9 Å². The quantitative estimate of drug-likeness (QED) is 0.884. The van der Waals surface area contributed by atoms with Crippen LogP contribution in [-0.4, -0.2) is 46.5 Å². The van der Waals surface area contributed by atoms with Crippen LogP contribution in [0.3, 0.4) is 0 Å². The minimum Gasteiger partial charge on any atom is -0.374 e. The van der Waals surface area contributed by atoms with Gasteiger partial charge in [-0.15, -0.1) is 0 Å². The summed E-state index contributed by atoms with van der Waals surface area (Å²) in [6.45, 7) is 8.14. The fourth-order valence-electron chi connectivity index (χ4n) is 3.28. The fourth-order valence-corrected chi connectivity index (χ4v) is 3.28. The number of hydrogen-bond acceptors (Lipinski definition) is 4. The summed E-state index contributed by atoms with van der Waals surface area (Å²) >= 11 is 0. The van der Waals surface area contributed by atoms with Gasteiger partial charge in [0.05, 0.1) is 18.9 Å². The molecule has 130 valence electrons. The monoisotopic (exact) mass is 328 g/mol. The van der Waals surface area contributed by atoms with E-state index in [2.05, 4.69) is 65.7 Å². The third-order valence-corrected chi connectivity index (χ3v) is 4.72. The Bertz CT molecular complexity index is 627. The lowest BCUT2D eigenvalue weighted by atomic mass is 10.1. The maximum atomic E-state index is 6.02. The van der Waals surface area contributed by atoms with Crippen LogP contribution in [-0.2, 0) is 18.3 Å². The molecule has 2 aromatic rings. The minimum absolute atomic E-state index is 0.210. The molecular formula is C19H28N4O. The normalized spacial score (nSPS) is 21.5. The zero-order chi connectivity index (χ0) is 16.9. The van der Waals surface area contributed by atoms with Gasteiger partial charge in [-0.3, -0.25) is 9.58 Å². The third kappa shape index (κ3) is 4.44. The number of hydrogen-bond donors (Lipinski definition) is 1. The van der Waals surface area contributed by atoms with Gasteiger partial charge < -0.3 is 10.1 Å². The van der Waals surface area contributed by atoms with E-state index < -0.39 is 0 Å². The first-order valence-corrected chi connectivity index (χ1v) is 8.74. The summed E-state index contributed by atoms with van der Waals surface area (Å²) in [4.78, 5) is 2.48. The molecule has 0 amide bonds. The SMILES string of the molecule is CC(NC(C)C1CN(Cc2ccccc2)CCO1)c1cnn(C)c1. The van der Waals surface area contributed by atoms with Crippen LogP contribution in [0, 0.1) is 0 Å². The van der Waals surface area contributed by atoms with Gasteiger partial charge in [0.1, 0.15) is 0 Å². The molecule has 1 aromatic heterocycles. The Morgan fingerprint density at radius 2 is 2.08 bits per heavy atom. The van der Waals surface area contributed by atoms with Gasteiger partial charge in [-0.05, 0) is 19.4 Å². The zero-order valence-electron chi connectivity index (χ0n) is 14.9. The molecule has 3 unspecified atom stereocenters. The number of nitrogens with zero attached hydrogens (tertiary/aromatic N) is 3. The average molecular weight is 328 g/mol. The van der Waals surface area contributed by atoms with Crippen molar-refractivity contribution in [2.75, 3.05) is 19.7 Å².